The molecule has 0 radical (unpaired) electrons. The van der Waals surface area contributed by atoms with Gasteiger partial charge in [0.25, 0.3) is 0 Å². The lowest BCUT2D eigenvalue weighted by atomic mass is 10.1. The summed E-state index contributed by atoms with van der Waals surface area (Å²) in [5, 5.41) is 8.75. The lowest BCUT2D eigenvalue weighted by Crippen LogP contribution is -2.38. The van der Waals surface area contributed by atoms with Gasteiger partial charge in [-0.2, -0.15) is 31.9 Å². The highest BCUT2D eigenvalue weighted by atomic mass is 32.2. The number of nitrogens with zero attached hydrogens (tertiary/aromatic N) is 2. The number of hydrogen-bond acceptors (Lipinski definition) is 5. The summed E-state index contributed by atoms with van der Waals surface area (Å²) in [6, 6.07) is 3.15. The molecule has 12 heteroatoms. The number of halogens is 5. The Morgan fingerprint density at radius 3 is 2.30 bits per heavy atom. The van der Waals surface area contributed by atoms with Gasteiger partial charge in [-0.05, 0) is 23.8 Å². The van der Waals surface area contributed by atoms with E-state index in [0.29, 0.717) is 0 Å². The van der Waals surface area contributed by atoms with Crippen molar-refractivity contribution in [2.45, 2.75) is 23.7 Å². The molecule has 0 aliphatic rings. The van der Waals surface area contributed by atoms with E-state index in [2.05, 4.69) is 9.72 Å². The lowest BCUT2D eigenvalue weighted by molar-refractivity contribution is -0.153. The van der Waals surface area contributed by atoms with Gasteiger partial charge < -0.3 is 4.74 Å². The van der Waals surface area contributed by atoms with Gasteiger partial charge in [0.1, 0.15) is 22.8 Å². The first-order chi connectivity index (χ1) is 12.5. The molecule has 0 fully saturated rings. The van der Waals surface area contributed by atoms with Crippen LogP contribution in [0.4, 0.5) is 22.0 Å². The molecule has 0 spiro atoms. The maximum Gasteiger partial charge on any atom is 0.408 e. The number of sulfonamides is 1. The molecule has 27 heavy (non-hydrogen) atoms. The maximum absolute atomic E-state index is 13.4. The highest BCUT2D eigenvalue weighted by Crippen LogP contribution is 2.34. The van der Waals surface area contributed by atoms with Crippen LogP contribution in [0.3, 0.4) is 0 Å². The van der Waals surface area contributed by atoms with E-state index in [4.69, 9.17) is 5.26 Å². The van der Waals surface area contributed by atoms with Crippen LogP contribution in [0.25, 0.3) is 0 Å². The Bertz CT molecular complexity index is 940. The van der Waals surface area contributed by atoms with E-state index in [1.807, 2.05) is 0 Å². The van der Waals surface area contributed by atoms with Gasteiger partial charge in [-0.3, -0.25) is 4.98 Å². The third-order valence-corrected chi connectivity index (χ3v) is 4.58. The van der Waals surface area contributed by atoms with Crippen molar-refractivity contribution in [1.29, 1.82) is 5.26 Å². The number of rotatable bonds is 6. The quantitative estimate of drug-likeness (QED) is 0.743. The van der Waals surface area contributed by atoms with E-state index in [1.54, 1.807) is 6.07 Å². The minimum Gasteiger partial charge on any atom is -0.435 e. The zero-order valence-corrected chi connectivity index (χ0v) is 13.9. The fraction of sp³-hybridized carbons (Fsp3) is 0.200. The number of aromatic nitrogens is 1. The van der Waals surface area contributed by atoms with Gasteiger partial charge >= 0.3 is 12.8 Å². The molecular formula is C15H10F5N3O3S. The van der Waals surface area contributed by atoms with Crippen molar-refractivity contribution in [1.82, 2.24) is 9.71 Å². The molecule has 0 aliphatic carbocycles. The van der Waals surface area contributed by atoms with Crippen LogP contribution in [-0.2, 0) is 10.0 Å². The third kappa shape index (κ3) is 5.35. The van der Waals surface area contributed by atoms with Gasteiger partial charge in [0.05, 0.1) is 5.56 Å². The highest BCUT2D eigenvalue weighted by Gasteiger charge is 2.43. The minimum absolute atomic E-state index is 0.157. The summed E-state index contributed by atoms with van der Waals surface area (Å²) in [4.78, 5) is 2.86. The standard InChI is InChI=1S/C15H10F5N3O3S/c16-14(17)26-11-3-1-10(2-4-11)13(15(18,19)20)23-27(24,25)12-5-9(6-21)7-22-8-12/h1-5,7-8,13-14,23H/t13-/m1/s1. The van der Waals surface area contributed by atoms with E-state index in [-0.39, 0.29) is 11.3 Å². The number of pyridine rings is 1. The zero-order valence-electron chi connectivity index (χ0n) is 13.1. The smallest absolute Gasteiger partial charge is 0.408 e. The van der Waals surface area contributed by atoms with E-state index < -0.39 is 39.3 Å². The fourth-order valence-electron chi connectivity index (χ4n) is 2.02. The molecule has 2 aromatic rings. The molecule has 0 aliphatic heterocycles. The molecule has 1 aromatic carbocycles. The number of hydrogen-bond donors (Lipinski definition) is 1. The van der Waals surface area contributed by atoms with E-state index in [0.717, 1.165) is 42.7 Å². The molecule has 6 nitrogen and oxygen atoms in total. The van der Waals surface area contributed by atoms with Crippen LogP contribution >= 0.6 is 0 Å². The Hall–Kier alpha value is -2.78. The van der Waals surface area contributed by atoms with Crippen molar-refractivity contribution in [2.75, 3.05) is 0 Å². The number of nitrogens with one attached hydrogen (secondary N) is 1. The number of nitriles is 1. The first-order valence-corrected chi connectivity index (χ1v) is 8.50. The summed E-state index contributed by atoms with van der Waals surface area (Å²) < 4.78 is 94.4. The summed E-state index contributed by atoms with van der Waals surface area (Å²) in [5.41, 5.74) is -0.702. The van der Waals surface area contributed by atoms with E-state index >= 15 is 0 Å². The van der Waals surface area contributed by atoms with E-state index in [1.165, 1.54) is 4.72 Å². The van der Waals surface area contributed by atoms with Crippen LogP contribution < -0.4 is 9.46 Å². The van der Waals surface area contributed by atoms with Gasteiger partial charge in [0, 0.05) is 12.4 Å². The predicted molar refractivity (Wildman–Crippen MR) is 81.1 cm³/mol. The molecule has 144 valence electrons. The normalized spacial score (nSPS) is 13.2. The Morgan fingerprint density at radius 1 is 1.15 bits per heavy atom. The molecule has 0 bridgehead atoms. The predicted octanol–water partition coefficient (Wildman–Crippen LogP) is 3.14. The van der Waals surface area contributed by atoms with Gasteiger partial charge in [0.2, 0.25) is 10.0 Å². The second kappa shape index (κ2) is 7.85. The average molecular weight is 407 g/mol. The largest absolute Gasteiger partial charge is 0.435 e. The van der Waals surface area contributed by atoms with Gasteiger partial charge in [-0.1, -0.05) is 12.1 Å². The minimum atomic E-state index is -5.03. The Morgan fingerprint density at radius 2 is 1.78 bits per heavy atom. The van der Waals surface area contributed by atoms with Crippen molar-refractivity contribution >= 4 is 10.0 Å². The first kappa shape index (κ1) is 20.5. The molecule has 1 N–H and O–H groups in total. The summed E-state index contributed by atoms with van der Waals surface area (Å²) in [6.45, 7) is -3.16. The molecule has 0 amide bonds. The fourth-order valence-corrected chi connectivity index (χ4v) is 3.21. The Kier molecular flexibility index (Phi) is 5.97. The van der Waals surface area contributed by atoms with Crippen molar-refractivity contribution in [3.8, 4) is 11.8 Å². The van der Waals surface area contributed by atoms with E-state index in [9.17, 15) is 30.4 Å². The van der Waals surface area contributed by atoms with Crippen LogP contribution in [0.2, 0.25) is 0 Å². The summed E-state index contributed by atoms with van der Waals surface area (Å²) in [6.07, 6.45) is -3.20. The average Bonchev–Trinajstić information content (AvgIpc) is 2.59. The van der Waals surface area contributed by atoms with Crippen LogP contribution in [0.15, 0.2) is 47.6 Å². The van der Waals surface area contributed by atoms with Crippen LogP contribution in [0.1, 0.15) is 17.2 Å². The van der Waals surface area contributed by atoms with Crippen molar-refractivity contribution in [3.05, 3.63) is 53.9 Å². The van der Waals surface area contributed by atoms with Crippen molar-refractivity contribution in [2.24, 2.45) is 0 Å². The third-order valence-electron chi connectivity index (χ3n) is 3.19. The molecule has 1 aromatic heterocycles. The van der Waals surface area contributed by atoms with Gasteiger partial charge in [0.15, 0.2) is 0 Å². The number of ether oxygens (including phenoxy) is 1. The van der Waals surface area contributed by atoms with Gasteiger partial charge in [-0.15, -0.1) is 0 Å². The molecule has 1 atom stereocenters. The molecular weight excluding hydrogens is 397 g/mol. The van der Waals surface area contributed by atoms with Crippen molar-refractivity contribution < 1.29 is 35.1 Å². The molecule has 0 saturated heterocycles. The number of benzene rings is 1. The SMILES string of the molecule is N#Cc1cncc(S(=O)(=O)N[C@H](c2ccc(OC(F)F)cc2)C(F)(F)F)c1. The summed E-state index contributed by atoms with van der Waals surface area (Å²) >= 11 is 0. The second-order valence-electron chi connectivity index (χ2n) is 5.06. The summed E-state index contributed by atoms with van der Waals surface area (Å²) in [7, 11) is -4.69. The molecule has 0 saturated carbocycles. The summed E-state index contributed by atoms with van der Waals surface area (Å²) in [5.74, 6) is -0.386. The van der Waals surface area contributed by atoms with Crippen LogP contribution in [0, 0.1) is 11.3 Å². The maximum atomic E-state index is 13.4. The topological polar surface area (TPSA) is 92.1 Å². The Labute approximate surface area is 150 Å². The highest BCUT2D eigenvalue weighted by molar-refractivity contribution is 7.89. The number of alkyl halides is 5. The van der Waals surface area contributed by atoms with Crippen LogP contribution in [-0.4, -0.2) is 26.2 Å². The Balaban J connectivity index is 2.36. The first-order valence-electron chi connectivity index (χ1n) is 7.02. The molecule has 1 heterocycles. The van der Waals surface area contributed by atoms with Crippen molar-refractivity contribution in [3.63, 3.8) is 0 Å². The lowest BCUT2D eigenvalue weighted by Gasteiger charge is -2.22. The zero-order chi connectivity index (χ0) is 20.2. The molecule has 2 rings (SSSR count). The molecule has 0 unspecified atom stereocenters. The second-order valence-corrected chi connectivity index (χ2v) is 6.78. The van der Waals surface area contributed by atoms with Gasteiger partial charge in [-0.25, -0.2) is 8.42 Å². The van der Waals surface area contributed by atoms with Crippen LogP contribution in [0.5, 0.6) is 5.75 Å². The monoisotopic (exact) mass is 407 g/mol.